The number of hydrogen-bond donors (Lipinski definition) is 2. The first-order valence-corrected chi connectivity index (χ1v) is 9.55. The van der Waals surface area contributed by atoms with Gasteiger partial charge in [-0.2, -0.15) is 0 Å². The molecule has 2 N–H and O–H groups in total. The first kappa shape index (κ1) is 20.6. The number of nitrogens with zero attached hydrogens (tertiary/aromatic N) is 2. The monoisotopic (exact) mass is 370 g/mol. The number of carbonyl (C=O) groups is 1. The summed E-state index contributed by atoms with van der Waals surface area (Å²) in [4.78, 5) is 18.4. The fourth-order valence-electron chi connectivity index (χ4n) is 2.57. The van der Waals surface area contributed by atoms with Crippen LogP contribution in [0, 0.1) is 0 Å². The predicted octanol–water partition coefficient (Wildman–Crippen LogP) is 3.59. The zero-order valence-corrected chi connectivity index (χ0v) is 16.3. The highest BCUT2D eigenvalue weighted by atomic mass is 16.5. The Morgan fingerprint density at radius 3 is 2.70 bits per heavy atom. The molecule has 0 saturated carbocycles. The number of pyridine rings is 1. The smallest absolute Gasteiger partial charge is 0.315 e. The van der Waals surface area contributed by atoms with Crippen LogP contribution in [-0.2, 0) is 6.54 Å². The molecule has 0 radical (unpaired) electrons. The van der Waals surface area contributed by atoms with Crippen LogP contribution in [0.25, 0.3) is 0 Å². The first-order valence-electron chi connectivity index (χ1n) is 9.55. The quantitative estimate of drug-likeness (QED) is 0.593. The van der Waals surface area contributed by atoms with Gasteiger partial charge in [-0.3, -0.25) is 0 Å². The van der Waals surface area contributed by atoms with Crippen LogP contribution in [0.15, 0.2) is 48.7 Å². The van der Waals surface area contributed by atoms with Crippen LogP contribution in [0.4, 0.5) is 10.5 Å². The van der Waals surface area contributed by atoms with Gasteiger partial charge in [0.05, 0.1) is 6.61 Å². The van der Waals surface area contributed by atoms with Gasteiger partial charge in [-0.15, -0.1) is 0 Å². The van der Waals surface area contributed by atoms with Gasteiger partial charge >= 0.3 is 6.03 Å². The molecule has 1 aromatic carbocycles. The number of unbranched alkanes of at least 4 members (excludes halogenated alkanes) is 1. The third-order valence-corrected chi connectivity index (χ3v) is 4.18. The molecule has 0 saturated heterocycles. The van der Waals surface area contributed by atoms with Gasteiger partial charge in [-0.25, -0.2) is 9.78 Å². The molecule has 0 spiro atoms. The van der Waals surface area contributed by atoms with Crippen molar-refractivity contribution in [3.05, 3.63) is 54.2 Å². The van der Waals surface area contributed by atoms with Crippen molar-refractivity contribution in [2.75, 3.05) is 31.6 Å². The van der Waals surface area contributed by atoms with E-state index in [0.29, 0.717) is 25.6 Å². The first-order chi connectivity index (χ1) is 13.2. The van der Waals surface area contributed by atoms with Crippen molar-refractivity contribution in [1.29, 1.82) is 0 Å². The minimum absolute atomic E-state index is 0.180. The van der Waals surface area contributed by atoms with Crippen LogP contribution in [0.2, 0.25) is 0 Å². The van der Waals surface area contributed by atoms with Crippen molar-refractivity contribution in [3.8, 4) is 5.88 Å². The lowest BCUT2D eigenvalue weighted by Crippen LogP contribution is -2.36. The molecule has 0 aliphatic heterocycles. The molecule has 0 unspecified atom stereocenters. The Labute approximate surface area is 161 Å². The summed E-state index contributed by atoms with van der Waals surface area (Å²) < 4.78 is 5.69. The van der Waals surface area contributed by atoms with E-state index < -0.39 is 0 Å². The topological polar surface area (TPSA) is 66.5 Å². The van der Waals surface area contributed by atoms with E-state index in [0.717, 1.165) is 31.4 Å². The van der Waals surface area contributed by atoms with Crippen molar-refractivity contribution in [2.45, 2.75) is 32.7 Å². The lowest BCUT2D eigenvalue weighted by molar-refractivity contribution is 0.240. The Hall–Kier alpha value is -2.76. The molecule has 0 bridgehead atoms. The molecule has 0 fully saturated rings. The molecule has 2 aromatic rings. The van der Waals surface area contributed by atoms with Crippen molar-refractivity contribution >= 4 is 11.7 Å². The number of rotatable bonds is 11. The summed E-state index contributed by atoms with van der Waals surface area (Å²) in [5.74, 6) is 0.593. The summed E-state index contributed by atoms with van der Waals surface area (Å²) in [6.45, 7) is 4.65. The number of benzene rings is 1. The Morgan fingerprint density at radius 2 is 1.93 bits per heavy atom. The van der Waals surface area contributed by atoms with E-state index in [1.807, 2.05) is 30.3 Å². The molecule has 27 heavy (non-hydrogen) atoms. The van der Waals surface area contributed by atoms with Gasteiger partial charge in [-0.05, 0) is 31.0 Å². The zero-order chi connectivity index (χ0) is 19.3. The van der Waals surface area contributed by atoms with E-state index in [1.54, 1.807) is 6.20 Å². The van der Waals surface area contributed by atoms with E-state index >= 15 is 0 Å². The summed E-state index contributed by atoms with van der Waals surface area (Å²) in [5.41, 5.74) is 2.06. The molecule has 1 aromatic heterocycles. The Bertz CT molecular complexity index is 679. The molecular weight excluding hydrogens is 340 g/mol. The molecule has 0 aliphatic carbocycles. The van der Waals surface area contributed by atoms with Gasteiger partial charge in [0.2, 0.25) is 5.88 Å². The highest BCUT2D eigenvalue weighted by Crippen LogP contribution is 2.14. The van der Waals surface area contributed by atoms with E-state index in [4.69, 9.17) is 4.74 Å². The molecular formula is C21H30N4O2. The van der Waals surface area contributed by atoms with Gasteiger partial charge in [0.25, 0.3) is 0 Å². The number of carbonyl (C=O) groups excluding carboxylic acids is 1. The van der Waals surface area contributed by atoms with Crippen LogP contribution in [0.5, 0.6) is 5.88 Å². The minimum Gasteiger partial charge on any atom is -0.477 e. The second-order valence-electron chi connectivity index (χ2n) is 6.39. The van der Waals surface area contributed by atoms with Crippen molar-refractivity contribution in [2.24, 2.45) is 0 Å². The summed E-state index contributed by atoms with van der Waals surface area (Å²) in [6.07, 6.45) is 4.63. The molecule has 0 atom stereocenters. The largest absolute Gasteiger partial charge is 0.477 e. The average Bonchev–Trinajstić information content (AvgIpc) is 2.71. The summed E-state index contributed by atoms with van der Waals surface area (Å²) in [7, 11) is 2.05. The second-order valence-corrected chi connectivity index (χ2v) is 6.39. The van der Waals surface area contributed by atoms with Crippen molar-refractivity contribution < 1.29 is 9.53 Å². The second kappa shape index (κ2) is 11.8. The third-order valence-electron chi connectivity index (χ3n) is 4.18. The molecule has 0 aliphatic rings. The van der Waals surface area contributed by atoms with Gasteiger partial charge in [-0.1, -0.05) is 37.6 Å². The van der Waals surface area contributed by atoms with Crippen LogP contribution in [0.3, 0.4) is 0 Å². The summed E-state index contributed by atoms with van der Waals surface area (Å²) in [6, 6.07) is 13.8. The number of anilines is 1. The normalized spacial score (nSPS) is 10.3. The SMILES string of the molecule is CCCCOc1ncccc1CNC(=O)NCCCN(C)c1ccccc1. The maximum Gasteiger partial charge on any atom is 0.315 e. The third kappa shape index (κ3) is 7.56. The molecule has 6 nitrogen and oxygen atoms in total. The molecule has 2 amide bonds. The molecule has 1 heterocycles. The van der Waals surface area contributed by atoms with Crippen LogP contribution in [-0.4, -0.2) is 37.8 Å². The highest BCUT2D eigenvalue weighted by molar-refractivity contribution is 5.73. The van der Waals surface area contributed by atoms with E-state index in [1.165, 1.54) is 5.69 Å². The van der Waals surface area contributed by atoms with Crippen molar-refractivity contribution in [3.63, 3.8) is 0 Å². The summed E-state index contributed by atoms with van der Waals surface area (Å²) in [5, 5.41) is 5.76. The Morgan fingerprint density at radius 1 is 1.11 bits per heavy atom. The number of nitrogens with one attached hydrogen (secondary N) is 2. The van der Waals surface area contributed by atoms with Gasteiger partial charge in [0.15, 0.2) is 0 Å². The van der Waals surface area contributed by atoms with Crippen LogP contribution < -0.4 is 20.3 Å². The van der Waals surface area contributed by atoms with Crippen LogP contribution >= 0.6 is 0 Å². The van der Waals surface area contributed by atoms with E-state index in [2.05, 4.69) is 46.6 Å². The van der Waals surface area contributed by atoms with Crippen LogP contribution in [0.1, 0.15) is 31.7 Å². The number of urea groups is 1. The maximum absolute atomic E-state index is 12.0. The lowest BCUT2D eigenvalue weighted by Gasteiger charge is -2.19. The number of aromatic nitrogens is 1. The Balaban J connectivity index is 1.66. The van der Waals surface area contributed by atoms with Gasteiger partial charge in [0.1, 0.15) is 0 Å². The number of amides is 2. The number of hydrogen-bond acceptors (Lipinski definition) is 4. The fraction of sp³-hybridized carbons (Fsp3) is 0.429. The highest BCUT2D eigenvalue weighted by Gasteiger charge is 2.07. The van der Waals surface area contributed by atoms with Gasteiger partial charge < -0.3 is 20.3 Å². The fourth-order valence-corrected chi connectivity index (χ4v) is 2.57. The summed E-state index contributed by atoms with van der Waals surface area (Å²) >= 11 is 0. The van der Waals surface area contributed by atoms with Gasteiger partial charge in [0, 0.05) is 44.1 Å². The van der Waals surface area contributed by atoms with Crippen molar-refractivity contribution in [1.82, 2.24) is 15.6 Å². The number of ether oxygens (including phenoxy) is 1. The zero-order valence-electron chi connectivity index (χ0n) is 16.3. The maximum atomic E-state index is 12.0. The predicted molar refractivity (Wildman–Crippen MR) is 109 cm³/mol. The molecule has 6 heteroatoms. The average molecular weight is 370 g/mol. The standard InChI is InChI=1S/C21H30N4O2/c1-3-4-16-27-20-18(10-8-13-22-20)17-24-21(26)23-14-9-15-25(2)19-11-6-5-7-12-19/h5-8,10-13H,3-4,9,14-17H2,1-2H3,(H2,23,24,26). The van der Waals surface area contributed by atoms with E-state index in [9.17, 15) is 4.79 Å². The number of para-hydroxylation sites is 1. The molecule has 2 rings (SSSR count). The lowest BCUT2D eigenvalue weighted by atomic mass is 10.2. The minimum atomic E-state index is -0.180. The van der Waals surface area contributed by atoms with E-state index in [-0.39, 0.29) is 6.03 Å². The molecule has 146 valence electrons. The Kier molecular flexibility index (Phi) is 8.96.